The van der Waals surface area contributed by atoms with E-state index in [2.05, 4.69) is 9.50 Å². The third kappa shape index (κ3) is 8.51. The van der Waals surface area contributed by atoms with E-state index in [0.717, 1.165) is 0 Å². The fourth-order valence-corrected chi connectivity index (χ4v) is 1.55. The molecule has 7 nitrogen and oxygen atoms in total. The van der Waals surface area contributed by atoms with Gasteiger partial charge in [-0.1, -0.05) is 18.2 Å². The molecule has 0 aliphatic carbocycles. The van der Waals surface area contributed by atoms with Gasteiger partial charge in [0, 0.05) is 13.1 Å². The van der Waals surface area contributed by atoms with Crippen molar-refractivity contribution in [3.63, 3.8) is 0 Å². The van der Waals surface area contributed by atoms with Crippen molar-refractivity contribution >= 4 is 10.4 Å². The molecule has 0 spiro atoms. The summed E-state index contributed by atoms with van der Waals surface area (Å²) < 4.78 is 38.2. The molecule has 0 aromatic heterocycles. The summed E-state index contributed by atoms with van der Waals surface area (Å²) in [5, 5.41) is 12.3. The number of aliphatic hydroxyl groups is 1. The van der Waals surface area contributed by atoms with Gasteiger partial charge in [0.15, 0.2) is 0 Å². The Hall–Kier alpha value is -1.19. The Kier molecular flexibility index (Phi) is 6.74. The summed E-state index contributed by atoms with van der Waals surface area (Å²) in [7, 11) is -4.40. The number of aliphatic hydroxyl groups excluding tert-OH is 1. The van der Waals surface area contributed by atoms with Gasteiger partial charge in [-0.05, 0) is 12.1 Å². The molecule has 1 rings (SSSR count). The number of ether oxygens (including phenoxy) is 1. The van der Waals surface area contributed by atoms with Crippen LogP contribution in [0.5, 0.6) is 5.75 Å². The van der Waals surface area contributed by atoms with E-state index in [1.807, 2.05) is 18.2 Å². The van der Waals surface area contributed by atoms with Crippen LogP contribution in [-0.2, 0) is 14.6 Å². The normalized spacial score (nSPS) is 13.2. The molecule has 19 heavy (non-hydrogen) atoms. The fourth-order valence-electron chi connectivity index (χ4n) is 1.26. The first-order valence-corrected chi connectivity index (χ1v) is 7.02. The molecule has 0 heterocycles. The molecule has 3 N–H and O–H groups in total. The van der Waals surface area contributed by atoms with Gasteiger partial charge in [0.2, 0.25) is 0 Å². The smallest absolute Gasteiger partial charge is 0.397 e. The van der Waals surface area contributed by atoms with Crippen LogP contribution >= 0.6 is 0 Å². The minimum atomic E-state index is -4.40. The van der Waals surface area contributed by atoms with Crippen molar-refractivity contribution in [1.29, 1.82) is 0 Å². The molecule has 108 valence electrons. The maximum Gasteiger partial charge on any atom is 0.397 e. The van der Waals surface area contributed by atoms with Crippen molar-refractivity contribution in [2.24, 2.45) is 0 Å². The monoisotopic (exact) mass is 291 g/mol. The zero-order valence-electron chi connectivity index (χ0n) is 10.2. The third-order valence-electron chi connectivity index (χ3n) is 2.08. The van der Waals surface area contributed by atoms with Crippen LogP contribution in [0.2, 0.25) is 0 Å². The molecule has 8 heteroatoms. The zero-order valence-corrected chi connectivity index (χ0v) is 11.0. The van der Waals surface area contributed by atoms with Crippen molar-refractivity contribution in [3.05, 3.63) is 30.3 Å². The molecule has 0 bridgehead atoms. The second kappa shape index (κ2) is 8.08. The SMILES string of the molecule is O=S(=O)(O)OCCNCC(O)COc1ccccc1. The van der Waals surface area contributed by atoms with Crippen LogP contribution in [-0.4, -0.2) is 50.5 Å². The summed E-state index contributed by atoms with van der Waals surface area (Å²) in [6, 6.07) is 9.07. The molecule has 0 aliphatic heterocycles. The summed E-state index contributed by atoms with van der Waals surface area (Å²) in [5.74, 6) is 0.663. The van der Waals surface area contributed by atoms with E-state index in [9.17, 15) is 13.5 Å². The highest BCUT2D eigenvalue weighted by Crippen LogP contribution is 2.08. The summed E-state index contributed by atoms with van der Waals surface area (Å²) in [4.78, 5) is 0. The van der Waals surface area contributed by atoms with Crippen molar-refractivity contribution in [2.45, 2.75) is 6.10 Å². The second-order valence-corrected chi connectivity index (χ2v) is 4.82. The number of benzene rings is 1. The van der Waals surface area contributed by atoms with Gasteiger partial charge in [-0.15, -0.1) is 0 Å². The number of rotatable bonds is 9. The Morgan fingerprint density at radius 1 is 1.26 bits per heavy atom. The van der Waals surface area contributed by atoms with Crippen molar-refractivity contribution in [2.75, 3.05) is 26.3 Å². The first-order valence-electron chi connectivity index (χ1n) is 5.66. The Labute approximate surface area is 112 Å². The van der Waals surface area contributed by atoms with Gasteiger partial charge in [-0.25, -0.2) is 4.18 Å². The lowest BCUT2D eigenvalue weighted by molar-refractivity contribution is 0.105. The molecule has 0 fully saturated rings. The highest BCUT2D eigenvalue weighted by Gasteiger charge is 2.06. The second-order valence-electron chi connectivity index (χ2n) is 3.73. The van der Waals surface area contributed by atoms with E-state index in [0.29, 0.717) is 5.75 Å². The molecular weight excluding hydrogens is 274 g/mol. The van der Waals surface area contributed by atoms with Crippen LogP contribution in [0.1, 0.15) is 0 Å². The predicted molar refractivity (Wildman–Crippen MR) is 68.3 cm³/mol. The standard InChI is InChI=1S/C11H17NO6S/c13-10(8-12-6-7-18-19(14,15)16)9-17-11-4-2-1-3-5-11/h1-5,10,12-13H,6-9H2,(H,14,15,16). The van der Waals surface area contributed by atoms with Crippen LogP contribution < -0.4 is 10.1 Å². The van der Waals surface area contributed by atoms with Gasteiger partial charge >= 0.3 is 10.4 Å². The lowest BCUT2D eigenvalue weighted by Gasteiger charge is -2.13. The van der Waals surface area contributed by atoms with Crippen LogP contribution in [0, 0.1) is 0 Å². The Bertz CT molecular complexity index is 450. The summed E-state index contributed by atoms with van der Waals surface area (Å²) >= 11 is 0. The molecule has 0 saturated carbocycles. The number of hydrogen-bond donors (Lipinski definition) is 3. The third-order valence-corrected chi connectivity index (χ3v) is 2.54. The van der Waals surface area contributed by atoms with E-state index in [4.69, 9.17) is 9.29 Å². The number of para-hydroxylation sites is 1. The Balaban J connectivity index is 2.07. The molecular formula is C11H17NO6S. The van der Waals surface area contributed by atoms with Crippen molar-refractivity contribution < 1.29 is 27.0 Å². The maximum absolute atomic E-state index is 10.2. The van der Waals surface area contributed by atoms with Crippen LogP contribution in [0.3, 0.4) is 0 Å². The zero-order chi connectivity index (χ0) is 14.1. The molecule has 1 atom stereocenters. The number of hydrogen-bond acceptors (Lipinski definition) is 6. The predicted octanol–water partition coefficient (Wildman–Crippen LogP) is -0.165. The van der Waals surface area contributed by atoms with E-state index in [-0.39, 0.29) is 26.3 Å². The Morgan fingerprint density at radius 2 is 1.95 bits per heavy atom. The fraction of sp³-hybridized carbons (Fsp3) is 0.455. The van der Waals surface area contributed by atoms with E-state index < -0.39 is 16.5 Å². The largest absolute Gasteiger partial charge is 0.491 e. The quantitative estimate of drug-likeness (QED) is 0.428. The van der Waals surface area contributed by atoms with E-state index >= 15 is 0 Å². The van der Waals surface area contributed by atoms with E-state index in [1.54, 1.807) is 12.1 Å². The molecule has 0 saturated heterocycles. The van der Waals surface area contributed by atoms with Crippen molar-refractivity contribution in [1.82, 2.24) is 5.32 Å². The van der Waals surface area contributed by atoms with Gasteiger partial charge in [-0.3, -0.25) is 4.55 Å². The van der Waals surface area contributed by atoms with Crippen LogP contribution in [0.25, 0.3) is 0 Å². The van der Waals surface area contributed by atoms with Crippen LogP contribution in [0.15, 0.2) is 30.3 Å². The first kappa shape index (κ1) is 15.9. The summed E-state index contributed by atoms with van der Waals surface area (Å²) in [6.45, 7) is 0.325. The lowest BCUT2D eigenvalue weighted by Crippen LogP contribution is -2.33. The average Bonchev–Trinajstić information content (AvgIpc) is 2.36. The lowest BCUT2D eigenvalue weighted by atomic mass is 10.3. The summed E-state index contributed by atoms with van der Waals surface area (Å²) in [6.07, 6.45) is -0.731. The highest BCUT2D eigenvalue weighted by atomic mass is 32.3. The first-order chi connectivity index (χ1) is 8.97. The summed E-state index contributed by atoms with van der Waals surface area (Å²) in [5.41, 5.74) is 0. The van der Waals surface area contributed by atoms with Gasteiger partial charge in [0.1, 0.15) is 18.5 Å². The molecule has 1 aromatic carbocycles. The molecule has 0 aliphatic rings. The average molecular weight is 291 g/mol. The maximum atomic E-state index is 10.2. The van der Waals surface area contributed by atoms with Gasteiger partial charge < -0.3 is 15.2 Å². The Morgan fingerprint density at radius 3 is 2.58 bits per heavy atom. The topological polar surface area (TPSA) is 105 Å². The molecule has 1 unspecified atom stereocenters. The minimum Gasteiger partial charge on any atom is -0.491 e. The molecule has 0 amide bonds. The van der Waals surface area contributed by atoms with Gasteiger partial charge in [0.25, 0.3) is 0 Å². The minimum absolute atomic E-state index is 0.121. The van der Waals surface area contributed by atoms with Crippen LogP contribution in [0.4, 0.5) is 0 Å². The molecule has 0 radical (unpaired) electrons. The van der Waals surface area contributed by atoms with Crippen molar-refractivity contribution in [3.8, 4) is 5.75 Å². The number of nitrogens with one attached hydrogen (secondary N) is 1. The van der Waals surface area contributed by atoms with Gasteiger partial charge in [-0.2, -0.15) is 8.42 Å². The highest BCUT2D eigenvalue weighted by molar-refractivity contribution is 7.80. The van der Waals surface area contributed by atoms with E-state index in [1.165, 1.54) is 0 Å². The van der Waals surface area contributed by atoms with Gasteiger partial charge in [0.05, 0.1) is 6.61 Å². The molecule has 1 aromatic rings.